The molecule has 0 N–H and O–H groups in total. The van der Waals surface area contributed by atoms with Crippen molar-refractivity contribution < 1.29 is 4.79 Å². The molecule has 0 spiro atoms. The third-order valence-electron chi connectivity index (χ3n) is 3.11. The molecule has 19 heavy (non-hydrogen) atoms. The lowest BCUT2D eigenvalue weighted by molar-refractivity contribution is 0.0784. The summed E-state index contributed by atoms with van der Waals surface area (Å²) in [6, 6.07) is 15.4. The van der Waals surface area contributed by atoms with Gasteiger partial charge in [-0.25, -0.2) is 0 Å². The molecule has 0 aliphatic rings. The topological polar surface area (TPSA) is 20.3 Å². The van der Waals surface area contributed by atoms with Crippen molar-refractivity contribution in [3.8, 4) is 0 Å². The zero-order chi connectivity index (χ0) is 13.8. The first kappa shape index (κ1) is 13.7. The zero-order valence-electron chi connectivity index (χ0n) is 11.1. The van der Waals surface area contributed by atoms with E-state index in [9.17, 15) is 4.79 Å². The predicted octanol–water partition coefficient (Wildman–Crippen LogP) is 3.56. The van der Waals surface area contributed by atoms with Crippen molar-refractivity contribution in [1.82, 2.24) is 4.90 Å². The predicted molar refractivity (Wildman–Crippen MR) is 80.7 cm³/mol. The van der Waals surface area contributed by atoms with Gasteiger partial charge in [0.25, 0.3) is 5.91 Å². The van der Waals surface area contributed by atoms with Crippen LogP contribution in [-0.4, -0.2) is 17.9 Å². The van der Waals surface area contributed by atoms with Crippen LogP contribution in [0.3, 0.4) is 0 Å². The molecule has 0 unspecified atom stereocenters. The van der Waals surface area contributed by atoms with Crippen molar-refractivity contribution in [3.05, 3.63) is 65.2 Å². The number of thiol groups is 1. The second-order valence-corrected chi connectivity index (χ2v) is 5.15. The van der Waals surface area contributed by atoms with Gasteiger partial charge in [-0.05, 0) is 36.2 Å². The minimum Gasteiger partial charge on any atom is -0.337 e. The van der Waals surface area contributed by atoms with Crippen LogP contribution in [0.15, 0.2) is 53.4 Å². The molecule has 2 rings (SSSR count). The van der Waals surface area contributed by atoms with Crippen molar-refractivity contribution in [2.24, 2.45) is 0 Å². The summed E-state index contributed by atoms with van der Waals surface area (Å²) in [6.07, 6.45) is 0. The van der Waals surface area contributed by atoms with Crippen LogP contribution in [0.2, 0.25) is 0 Å². The first-order valence-electron chi connectivity index (χ1n) is 6.17. The van der Waals surface area contributed by atoms with Crippen LogP contribution in [-0.2, 0) is 6.54 Å². The Bertz CT molecular complexity index is 595. The normalized spacial score (nSPS) is 10.3. The highest BCUT2D eigenvalue weighted by atomic mass is 32.1. The second-order valence-electron chi connectivity index (χ2n) is 4.64. The Morgan fingerprint density at radius 3 is 2.58 bits per heavy atom. The molecule has 0 aromatic heterocycles. The maximum Gasteiger partial charge on any atom is 0.253 e. The Labute approximate surface area is 119 Å². The van der Waals surface area contributed by atoms with Gasteiger partial charge in [0.05, 0.1) is 0 Å². The van der Waals surface area contributed by atoms with Crippen molar-refractivity contribution in [1.29, 1.82) is 0 Å². The molecular formula is C16H17NOS. The summed E-state index contributed by atoms with van der Waals surface area (Å²) in [5.41, 5.74) is 3.04. The van der Waals surface area contributed by atoms with Crippen LogP contribution < -0.4 is 0 Å². The van der Waals surface area contributed by atoms with Gasteiger partial charge in [-0.3, -0.25) is 4.79 Å². The summed E-state index contributed by atoms with van der Waals surface area (Å²) in [5.74, 6) is 0.0131. The zero-order valence-corrected chi connectivity index (χ0v) is 12.0. The van der Waals surface area contributed by atoms with Crippen molar-refractivity contribution in [2.45, 2.75) is 18.4 Å². The third kappa shape index (κ3) is 3.38. The van der Waals surface area contributed by atoms with E-state index in [4.69, 9.17) is 0 Å². The molecule has 0 heterocycles. The lowest BCUT2D eigenvalue weighted by Gasteiger charge is -2.18. The molecule has 0 aliphatic carbocycles. The number of nitrogens with zero attached hydrogens (tertiary/aromatic N) is 1. The Kier molecular flexibility index (Phi) is 4.27. The minimum atomic E-state index is 0.0131. The standard InChI is InChI=1S/C16H17NOS/c1-12-6-3-4-7-14(12)11-17(2)16(18)13-8-5-9-15(19)10-13/h3-10,19H,11H2,1-2H3. The van der Waals surface area contributed by atoms with Gasteiger partial charge in [0.2, 0.25) is 0 Å². The molecule has 0 fully saturated rings. The quantitative estimate of drug-likeness (QED) is 0.846. The number of carbonyl (C=O) groups excluding carboxylic acids is 1. The summed E-state index contributed by atoms with van der Waals surface area (Å²) < 4.78 is 0. The largest absolute Gasteiger partial charge is 0.337 e. The van der Waals surface area contributed by atoms with E-state index in [0.29, 0.717) is 12.1 Å². The maximum atomic E-state index is 12.3. The van der Waals surface area contributed by atoms with Gasteiger partial charge in [0.15, 0.2) is 0 Å². The minimum absolute atomic E-state index is 0.0131. The lowest BCUT2D eigenvalue weighted by Crippen LogP contribution is -2.26. The smallest absolute Gasteiger partial charge is 0.253 e. The van der Waals surface area contributed by atoms with Gasteiger partial charge in [-0.1, -0.05) is 30.3 Å². The van der Waals surface area contributed by atoms with E-state index in [1.165, 1.54) is 11.1 Å². The molecule has 98 valence electrons. The van der Waals surface area contributed by atoms with Crippen LogP contribution in [0.5, 0.6) is 0 Å². The molecule has 1 amide bonds. The fourth-order valence-corrected chi connectivity index (χ4v) is 2.20. The van der Waals surface area contributed by atoms with Crippen LogP contribution >= 0.6 is 12.6 Å². The number of rotatable bonds is 3. The highest BCUT2D eigenvalue weighted by Crippen LogP contribution is 2.14. The van der Waals surface area contributed by atoms with Gasteiger partial charge < -0.3 is 4.90 Å². The second kappa shape index (κ2) is 5.93. The summed E-state index contributed by atoms with van der Waals surface area (Å²) in [5, 5.41) is 0. The summed E-state index contributed by atoms with van der Waals surface area (Å²) >= 11 is 4.26. The van der Waals surface area contributed by atoms with E-state index in [0.717, 1.165) is 4.90 Å². The third-order valence-corrected chi connectivity index (χ3v) is 3.39. The van der Waals surface area contributed by atoms with Gasteiger partial charge in [0.1, 0.15) is 0 Å². The van der Waals surface area contributed by atoms with Gasteiger partial charge in [-0.2, -0.15) is 0 Å². The van der Waals surface area contributed by atoms with Gasteiger partial charge in [-0.15, -0.1) is 12.6 Å². The van der Waals surface area contributed by atoms with Crippen molar-refractivity contribution >= 4 is 18.5 Å². The lowest BCUT2D eigenvalue weighted by atomic mass is 10.1. The molecule has 2 aromatic rings. The number of amides is 1. The molecular weight excluding hydrogens is 254 g/mol. The molecule has 0 aliphatic heterocycles. The molecule has 0 bridgehead atoms. The van der Waals surface area contributed by atoms with E-state index in [-0.39, 0.29) is 5.91 Å². The molecule has 0 atom stereocenters. The Balaban J connectivity index is 2.14. The van der Waals surface area contributed by atoms with Crippen LogP contribution in [0, 0.1) is 6.92 Å². The molecule has 3 heteroatoms. The summed E-state index contributed by atoms with van der Waals surface area (Å²) in [7, 11) is 1.82. The van der Waals surface area contributed by atoms with Crippen LogP contribution in [0.1, 0.15) is 21.5 Å². The number of carbonyl (C=O) groups is 1. The number of benzene rings is 2. The molecule has 0 saturated heterocycles. The Hall–Kier alpha value is -1.74. The summed E-state index contributed by atoms with van der Waals surface area (Å²) in [6.45, 7) is 2.67. The highest BCUT2D eigenvalue weighted by Gasteiger charge is 2.12. The fraction of sp³-hybridized carbons (Fsp3) is 0.188. The van der Waals surface area contributed by atoms with Crippen molar-refractivity contribution in [2.75, 3.05) is 7.05 Å². The average Bonchev–Trinajstić information content (AvgIpc) is 2.40. The van der Waals surface area contributed by atoms with E-state index in [1.54, 1.807) is 11.0 Å². The number of hydrogen-bond donors (Lipinski definition) is 1. The van der Waals surface area contributed by atoms with Crippen LogP contribution in [0.4, 0.5) is 0 Å². The first-order valence-corrected chi connectivity index (χ1v) is 6.61. The van der Waals surface area contributed by atoms with E-state index in [1.807, 2.05) is 43.4 Å². The highest BCUT2D eigenvalue weighted by molar-refractivity contribution is 7.80. The van der Waals surface area contributed by atoms with Gasteiger partial charge in [0, 0.05) is 24.1 Å². The van der Waals surface area contributed by atoms with Crippen molar-refractivity contribution in [3.63, 3.8) is 0 Å². The maximum absolute atomic E-state index is 12.3. The van der Waals surface area contributed by atoms with Crippen LogP contribution in [0.25, 0.3) is 0 Å². The number of aryl methyl sites for hydroxylation is 1. The fourth-order valence-electron chi connectivity index (χ4n) is 1.97. The monoisotopic (exact) mass is 271 g/mol. The van der Waals surface area contributed by atoms with E-state index in [2.05, 4.69) is 25.6 Å². The SMILES string of the molecule is Cc1ccccc1CN(C)C(=O)c1cccc(S)c1. The Morgan fingerprint density at radius 1 is 1.16 bits per heavy atom. The molecule has 2 aromatic carbocycles. The number of hydrogen-bond acceptors (Lipinski definition) is 2. The molecule has 2 nitrogen and oxygen atoms in total. The molecule has 0 radical (unpaired) electrons. The first-order chi connectivity index (χ1) is 9.08. The average molecular weight is 271 g/mol. The van der Waals surface area contributed by atoms with E-state index >= 15 is 0 Å². The van der Waals surface area contributed by atoms with Gasteiger partial charge >= 0.3 is 0 Å². The Morgan fingerprint density at radius 2 is 1.89 bits per heavy atom. The van der Waals surface area contributed by atoms with E-state index < -0.39 is 0 Å². The molecule has 0 saturated carbocycles. The summed E-state index contributed by atoms with van der Waals surface area (Å²) in [4.78, 5) is 14.8.